The van der Waals surface area contributed by atoms with Crippen molar-refractivity contribution in [1.29, 1.82) is 5.41 Å². The monoisotopic (exact) mass is 140 g/mol. The lowest BCUT2D eigenvalue weighted by Gasteiger charge is -1.99. The van der Waals surface area contributed by atoms with Crippen LogP contribution < -0.4 is 5.73 Å². The van der Waals surface area contributed by atoms with Crippen LogP contribution in [0.3, 0.4) is 0 Å². The molecule has 0 aliphatic carbocycles. The SMILES string of the molecule is CCC(=N)C(C=O)=C(C)N. The molecule has 0 aromatic heterocycles. The topological polar surface area (TPSA) is 66.9 Å². The fourth-order valence-electron chi connectivity index (χ4n) is 0.593. The van der Waals surface area contributed by atoms with Crippen LogP contribution in [0.2, 0.25) is 0 Å². The van der Waals surface area contributed by atoms with Crippen LogP contribution in [0, 0.1) is 5.41 Å². The molecule has 0 atom stereocenters. The zero-order valence-corrected chi connectivity index (χ0v) is 6.27. The van der Waals surface area contributed by atoms with Gasteiger partial charge in [-0.3, -0.25) is 4.79 Å². The number of rotatable bonds is 3. The van der Waals surface area contributed by atoms with Crippen molar-refractivity contribution >= 4 is 12.0 Å². The molecule has 0 heterocycles. The van der Waals surface area contributed by atoms with Crippen molar-refractivity contribution in [2.75, 3.05) is 0 Å². The summed E-state index contributed by atoms with van der Waals surface area (Å²) < 4.78 is 0. The van der Waals surface area contributed by atoms with E-state index in [0.717, 1.165) is 0 Å². The van der Waals surface area contributed by atoms with Gasteiger partial charge in [0.15, 0.2) is 6.29 Å². The zero-order chi connectivity index (χ0) is 8.15. The molecule has 0 bridgehead atoms. The first kappa shape index (κ1) is 8.88. The third-order valence-corrected chi connectivity index (χ3v) is 1.22. The third-order valence-electron chi connectivity index (χ3n) is 1.22. The van der Waals surface area contributed by atoms with E-state index in [2.05, 4.69) is 0 Å². The summed E-state index contributed by atoms with van der Waals surface area (Å²) in [5, 5.41) is 7.26. The summed E-state index contributed by atoms with van der Waals surface area (Å²) in [4.78, 5) is 10.3. The molecule has 0 spiro atoms. The molecule has 0 aliphatic heterocycles. The maximum absolute atomic E-state index is 10.3. The smallest absolute Gasteiger partial charge is 0.153 e. The van der Waals surface area contributed by atoms with E-state index in [1.54, 1.807) is 6.92 Å². The Bertz CT molecular complexity index is 178. The summed E-state index contributed by atoms with van der Waals surface area (Å²) in [5.74, 6) is 0. The highest BCUT2D eigenvalue weighted by molar-refractivity contribution is 6.13. The fourth-order valence-corrected chi connectivity index (χ4v) is 0.593. The van der Waals surface area contributed by atoms with Crippen molar-refractivity contribution < 1.29 is 4.79 Å². The van der Waals surface area contributed by atoms with Crippen LogP contribution >= 0.6 is 0 Å². The molecule has 3 N–H and O–H groups in total. The number of nitrogens with two attached hydrogens (primary N) is 1. The van der Waals surface area contributed by atoms with Crippen LogP contribution in [0.25, 0.3) is 0 Å². The molecule has 10 heavy (non-hydrogen) atoms. The normalized spacial score (nSPS) is 12.2. The summed E-state index contributed by atoms with van der Waals surface area (Å²) in [6.07, 6.45) is 1.17. The highest BCUT2D eigenvalue weighted by atomic mass is 16.1. The fraction of sp³-hybridized carbons (Fsp3) is 0.429. The van der Waals surface area contributed by atoms with Gasteiger partial charge in [0.05, 0.1) is 5.57 Å². The van der Waals surface area contributed by atoms with Crippen LogP contribution in [-0.4, -0.2) is 12.0 Å². The van der Waals surface area contributed by atoms with E-state index >= 15 is 0 Å². The average Bonchev–Trinajstić information content (AvgIpc) is 1.88. The molecular formula is C7H12N2O. The molecular weight excluding hydrogens is 128 g/mol. The molecule has 0 aliphatic rings. The molecule has 0 saturated heterocycles. The minimum Gasteiger partial charge on any atom is -0.402 e. The highest BCUT2D eigenvalue weighted by Crippen LogP contribution is 1.99. The summed E-state index contributed by atoms with van der Waals surface area (Å²) in [6, 6.07) is 0. The number of nitrogens with one attached hydrogen (secondary N) is 1. The van der Waals surface area contributed by atoms with Crippen molar-refractivity contribution in [3.05, 3.63) is 11.3 Å². The lowest BCUT2D eigenvalue weighted by molar-refractivity contribution is -0.104. The Morgan fingerprint density at radius 1 is 1.70 bits per heavy atom. The van der Waals surface area contributed by atoms with Crippen LogP contribution in [0.4, 0.5) is 0 Å². The van der Waals surface area contributed by atoms with E-state index in [4.69, 9.17) is 11.1 Å². The van der Waals surface area contributed by atoms with Gasteiger partial charge in [0.1, 0.15) is 0 Å². The molecule has 0 saturated carbocycles. The third kappa shape index (κ3) is 2.01. The summed E-state index contributed by atoms with van der Waals surface area (Å²) >= 11 is 0. The zero-order valence-electron chi connectivity index (χ0n) is 6.27. The van der Waals surface area contributed by atoms with Gasteiger partial charge in [-0.25, -0.2) is 0 Å². The Labute approximate surface area is 60.4 Å². The highest BCUT2D eigenvalue weighted by Gasteiger charge is 2.02. The molecule has 0 aromatic rings. The maximum Gasteiger partial charge on any atom is 0.153 e. The maximum atomic E-state index is 10.3. The van der Waals surface area contributed by atoms with E-state index in [9.17, 15) is 4.79 Å². The Morgan fingerprint density at radius 2 is 2.20 bits per heavy atom. The largest absolute Gasteiger partial charge is 0.402 e. The predicted molar refractivity (Wildman–Crippen MR) is 41.0 cm³/mol. The van der Waals surface area contributed by atoms with Gasteiger partial charge in [0.2, 0.25) is 0 Å². The van der Waals surface area contributed by atoms with Crippen molar-refractivity contribution in [3.63, 3.8) is 0 Å². The standard InChI is InChI=1S/C7H12N2O/c1-3-7(9)6(4-10)5(2)8/h4,9H,3,8H2,1-2H3. The first-order valence-electron chi connectivity index (χ1n) is 3.12. The van der Waals surface area contributed by atoms with E-state index in [-0.39, 0.29) is 0 Å². The van der Waals surface area contributed by atoms with Crippen LogP contribution in [-0.2, 0) is 4.79 Å². The minimum absolute atomic E-state index is 0.301. The number of hydrogen-bond donors (Lipinski definition) is 2. The summed E-state index contributed by atoms with van der Waals surface area (Å²) in [6.45, 7) is 3.43. The van der Waals surface area contributed by atoms with Crippen LogP contribution in [0.1, 0.15) is 20.3 Å². The Morgan fingerprint density at radius 3 is 2.30 bits per heavy atom. The van der Waals surface area contributed by atoms with Crippen LogP contribution in [0.5, 0.6) is 0 Å². The number of carbonyl (C=O) groups is 1. The van der Waals surface area contributed by atoms with Gasteiger partial charge >= 0.3 is 0 Å². The number of carbonyl (C=O) groups excluding carboxylic acids is 1. The van der Waals surface area contributed by atoms with Gasteiger partial charge in [0, 0.05) is 11.4 Å². The van der Waals surface area contributed by atoms with Gasteiger partial charge < -0.3 is 11.1 Å². The lowest BCUT2D eigenvalue weighted by Crippen LogP contribution is -2.08. The molecule has 0 unspecified atom stereocenters. The second-order valence-corrected chi connectivity index (χ2v) is 2.05. The number of hydrogen-bond acceptors (Lipinski definition) is 3. The van der Waals surface area contributed by atoms with Gasteiger partial charge in [-0.1, -0.05) is 6.92 Å². The van der Waals surface area contributed by atoms with E-state index in [1.165, 1.54) is 0 Å². The first-order valence-corrected chi connectivity index (χ1v) is 3.12. The second-order valence-electron chi connectivity index (χ2n) is 2.05. The lowest BCUT2D eigenvalue weighted by atomic mass is 10.1. The number of aldehydes is 1. The van der Waals surface area contributed by atoms with Gasteiger partial charge in [0.25, 0.3) is 0 Å². The molecule has 0 fully saturated rings. The average molecular weight is 140 g/mol. The molecule has 3 nitrogen and oxygen atoms in total. The van der Waals surface area contributed by atoms with Crippen molar-refractivity contribution in [2.24, 2.45) is 5.73 Å². The Hall–Kier alpha value is -1.12. The molecule has 0 amide bonds. The Kier molecular flexibility index (Phi) is 3.39. The molecule has 3 heteroatoms. The summed E-state index contributed by atoms with van der Waals surface area (Å²) in [7, 11) is 0. The van der Waals surface area contributed by atoms with E-state index in [0.29, 0.717) is 29.7 Å². The molecule has 0 rings (SSSR count). The summed E-state index contributed by atoms with van der Waals surface area (Å²) in [5.41, 5.74) is 6.37. The number of allylic oxidation sites excluding steroid dienone is 2. The second kappa shape index (κ2) is 3.82. The van der Waals surface area contributed by atoms with Crippen molar-refractivity contribution in [2.45, 2.75) is 20.3 Å². The van der Waals surface area contributed by atoms with Gasteiger partial charge in [-0.2, -0.15) is 0 Å². The van der Waals surface area contributed by atoms with Crippen molar-refractivity contribution in [1.82, 2.24) is 0 Å². The van der Waals surface area contributed by atoms with Gasteiger partial charge in [-0.05, 0) is 13.3 Å². The predicted octanol–water partition coefficient (Wildman–Crippen LogP) is 0.848. The van der Waals surface area contributed by atoms with E-state index in [1.807, 2.05) is 6.92 Å². The molecule has 0 radical (unpaired) electrons. The van der Waals surface area contributed by atoms with E-state index < -0.39 is 0 Å². The molecule has 56 valence electrons. The van der Waals surface area contributed by atoms with Crippen molar-refractivity contribution in [3.8, 4) is 0 Å². The Balaban J connectivity index is 4.53. The minimum atomic E-state index is 0.301. The quantitative estimate of drug-likeness (QED) is 0.346. The van der Waals surface area contributed by atoms with Gasteiger partial charge in [-0.15, -0.1) is 0 Å². The van der Waals surface area contributed by atoms with Crippen LogP contribution in [0.15, 0.2) is 11.3 Å². The molecule has 0 aromatic carbocycles. The first-order chi connectivity index (χ1) is 4.63.